The number of fused-ring (bicyclic) bond motifs is 1. The van der Waals surface area contributed by atoms with Gasteiger partial charge in [-0.05, 0) is 31.5 Å². The first kappa shape index (κ1) is 20.3. The van der Waals surface area contributed by atoms with Gasteiger partial charge < -0.3 is 15.0 Å². The van der Waals surface area contributed by atoms with Crippen molar-refractivity contribution in [3.8, 4) is 11.4 Å². The summed E-state index contributed by atoms with van der Waals surface area (Å²) in [4.78, 5) is 26.4. The molecule has 8 nitrogen and oxygen atoms in total. The lowest BCUT2D eigenvalue weighted by atomic mass is 10.0. The molecule has 2 aliphatic heterocycles. The summed E-state index contributed by atoms with van der Waals surface area (Å²) in [5, 5.41) is 5.71. The van der Waals surface area contributed by atoms with Gasteiger partial charge in [0.2, 0.25) is 0 Å². The van der Waals surface area contributed by atoms with Gasteiger partial charge in [-0.2, -0.15) is 13.2 Å². The van der Waals surface area contributed by atoms with E-state index in [1.54, 1.807) is 6.92 Å². The van der Waals surface area contributed by atoms with Gasteiger partial charge in [0.1, 0.15) is 29.8 Å². The highest BCUT2D eigenvalue weighted by molar-refractivity contribution is 5.88. The topological polar surface area (TPSA) is 92.3 Å². The summed E-state index contributed by atoms with van der Waals surface area (Å²) >= 11 is 0. The van der Waals surface area contributed by atoms with E-state index in [0.717, 1.165) is 25.1 Å². The normalized spacial score (nSPS) is 19.5. The molecule has 4 heterocycles. The summed E-state index contributed by atoms with van der Waals surface area (Å²) < 4.78 is 46.3. The fourth-order valence-electron chi connectivity index (χ4n) is 3.64. The molecule has 2 N–H and O–H groups in total. The van der Waals surface area contributed by atoms with E-state index in [4.69, 9.17) is 4.74 Å². The average molecular weight is 422 g/mol. The Labute approximate surface area is 170 Å². The number of anilines is 2. The summed E-state index contributed by atoms with van der Waals surface area (Å²) in [6, 6.07) is 2.05. The second-order valence-corrected chi connectivity index (χ2v) is 7.10. The number of carbonyl (C=O) groups excluding carboxylic acids is 1. The molecule has 1 amide bonds. The van der Waals surface area contributed by atoms with Gasteiger partial charge >= 0.3 is 12.3 Å². The zero-order chi connectivity index (χ0) is 21.3. The number of hydrogen-bond donors (Lipinski definition) is 2. The molecule has 0 radical (unpaired) electrons. The van der Waals surface area contributed by atoms with Crippen LogP contribution >= 0.6 is 0 Å². The molecule has 0 bridgehead atoms. The van der Waals surface area contributed by atoms with E-state index in [-0.39, 0.29) is 23.0 Å². The number of rotatable bonds is 3. The van der Waals surface area contributed by atoms with Crippen molar-refractivity contribution in [3.63, 3.8) is 0 Å². The third kappa shape index (κ3) is 4.02. The minimum Gasteiger partial charge on any atom is -0.441 e. The monoisotopic (exact) mass is 422 g/mol. The number of ether oxygens (including phenoxy) is 1. The third-order valence-corrected chi connectivity index (χ3v) is 5.09. The van der Waals surface area contributed by atoms with Crippen molar-refractivity contribution in [2.75, 3.05) is 36.4 Å². The maximum atomic E-state index is 13.7. The van der Waals surface area contributed by atoms with Crippen LogP contribution in [0.25, 0.3) is 11.4 Å². The Morgan fingerprint density at radius 2 is 2.07 bits per heavy atom. The lowest BCUT2D eigenvalue weighted by molar-refractivity contribution is -0.137. The number of pyridine rings is 1. The predicted octanol–water partition coefficient (Wildman–Crippen LogP) is 3.37. The van der Waals surface area contributed by atoms with Gasteiger partial charge in [-0.25, -0.2) is 19.7 Å². The highest BCUT2D eigenvalue weighted by atomic mass is 19.4. The molecule has 1 atom stereocenters. The lowest BCUT2D eigenvalue weighted by Crippen LogP contribution is -2.29. The Morgan fingerprint density at radius 3 is 2.83 bits per heavy atom. The second-order valence-electron chi connectivity index (χ2n) is 7.10. The molecular formula is C19H21F3N6O2. The number of nitrogens with one attached hydrogen (secondary N) is 2. The van der Waals surface area contributed by atoms with E-state index in [0.29, 0.717) is 31.6 Å². The van der Waals surface area contributed by atoms with Crippen LogP contribution in [0.3, 0.4) is 0 Å². The minimum atomic E-state index is -4.54. The Morgan fingerprint density at radius 1 is 1.23 bits per heavy atom. The Kier molecular flexibility index (Phi) is 5.46. The zero-order valence-corrected chi connectivity index (χ0v) is 16.3. The number of carbonyl (C=O) groups is 1. The van der Waals surface area contributed by atoms with E-state index in [1.165, 1.54) is 6.33 Å². The fourth-order valence-corrected chi connectivity index (χ4v) is 3.64. The SMILES string of the molecule is CCC1OC(=O)Nc2ncnc(-c3cc(C(F)(F)F)cc(N4CCCNCC4)n3)c21. The summed E-state index contributed by atoms with van der Waals surface area (Å²) in [5.41, 5.74) is -0.100. The van der Waals surface area contributed by atoms with Gasteiger partial charge in [-0.3, -0.25) is 5.32 Å². The molecule has 2 aromatic rings. The summed E-state index contributed by atoms with van der Waals surface area (Å²) in [6.45, 7) is 4.41. The molecule has 0 aromatic carbocycles. The molecule has 160 valence electrons. The Bertz CT molecular complexity index is 944. The van der Waals surface area contributed by atoms with Crippen molar-refractivity contribution in [2.45, 2.75) is 32.0 Å². The van der Waals surface area contributed by atoms with Crippen molar-refractivity contribution in [1.82, 2.24) is 20.3 Å². The molecule has 0 aliphatic carbocycles. The standard InChI is InChI=1S/C19H21F3N6O2/c1-2-13-15-16(24-10-25-17(15)27-18(29)30-13)12-8-11(19(20,21)22)9-14(26-12)28-6-3-4-23-5-7-28/h8-10,13,23H,2-7H2,1H3,(H,24,25,27,29). The smallest absolute Gasteiger partial charge is 0.416 e. The van der Waals surface area contributed by atoms with Gasteiger partial charge in [-0.15, -0.1) is 0 Å². The van der Waals surface area contributed by atoms with Crippen LogP contribution in [-0.4, -0.2) is 47.2 Å². The first-order chi connectivity index (χ1) is 14.4. The van der Waals surface area contributed by atoms with Crippen molar-refractivity contribution in [3.05, 3.63) is 29.6 Å². The molecule has 30 heavy (non-hydrogen) atoms. The summed E-state index contributed by atoms with van der Waals surface area (Å²) in [5.74, 6) is 0.465. The van der Waals surface area contributed by atoms with Gasteiger partial charge in [0, 0.05) is 19.6 Å². The average Bonchev–Trinajstić information content (AvgIpc) is 3.01. The minimum absolute atomic E-state index is 0.0638. The van der Waals surface area contributed by atoms with Gasteiger partial charge in [0.15, 0.2) is 0 Å². The molecule has 1 unspecified atom stereocenters. The number of halogens is 3. The van der Waals surface area contributed by atoms with Crippen LogP contribution in [0.1, 0.15) is 37.0 Å². The van der Waals surface area contributed by atoms with Crippen LogP contribution < -0.4 is 15.5 Å². The summed E-state index contributed by atoms with van der Waals surface area (Å²) in [7, 11) is 0. The van der Waals surface area contributed by atoms with Crippen LogP contribution in [0.4, 0.5) is 29.6 Å². The molecule has 4 rings (SSSR count). The van der Waals surface area contributed by atoms with E-state index in [2.05, 4.69) is 25.6 Å². The number of nitrogens with zero attached hydrogens (tertiary/aromatic N) is 4. The maximum absolute atomic E-state index is 13.7. The molecule has 2 aliphatic rings. The fraction of sp³-hybridized carbons (Fsp3) is 0.474. The van der Waals surface area contributed by atoms with E-state index >= 15 is 0 Å². The zero-order valence-electron chi connectivity index (χ0n) is 16.3. The van der Waals surface area contributed by atoms with E-state index < -0.39 is 23.9 Å². The highest BCUT2D eigenvalue weighted by Crippen LogP contribution is 2.39. The first-order valence-corrected chi connectivity index (χ1v) is 9.74. The van der Waals surface area contributed by atoms with Crippen molar-refractivity contribution < 1.29 is 22.7 Å². The predicted molar refractivity (Wildman–Crippen MR) is 103 cm³/mol. The molecular weight excluding hydrogens is 401 g/mol. The largest absolute Gasteiger partial charge is 0.441 e. The molecule has 0 saturated carbocycles. The Balaban J connectivity index is 1.86. The maximum Gasteiger partial charge on any atom is 0.416 e. The molecule has 1 saturated heterocycles. The quantitative estimate of drug-likeness (QED) is 0.784. The van der Waals surface area contributed by atoms with Crippen molar-refractivity contribution >= 4 is 17.7 Å². The van der Waals surface area contributed by atoms with Crippen molar-refractivity contribution in [1.29, 1.82) is 0 Å². The van der Waals surface area contributed by atoms with Crippen molar-refractivity contribution in [2.24, 2.45) is 0 Å². The first-order valence-electron chi connectivity index (χ1n) is 9.74. The van der Waals surface area contributed by atoms with Crippen LogP contribution in [-0.2, 0) is 10.9 Å². The second kappa shape index (κ2) is 8.05. The molecule has 1 fully saturated rings. The van der Waals surface area contributed by atoms with Gasteiger partial charge in [0.25, 0.3) is 0 Å². The number of cyclic esters (lactones) is 1. The van der Waals surface area contributed by atoms with Crippen LogP contribution in [0, 0.1) is 0 Å². The van der Waals surface area contributed by atoms with Crippen LogP contribution in [0.5, 0.6) is 0 Å². The lowest BCUT2D eigenvalue weighted by Gasteiger charge is -2.27. The van der Waals surface area contributed by atoms with Gasteiger partial charge in [-0.1, -0.05) is 6.92 Å². The number of hydrogen-bond acceptors (Lipinski definition) is 7. The van der Waals surface area contributed by atoms with E-state index in [9.17, 15) is 18.0 Å². The van der Waals surface area contributed by atoms with Gasteiger partial charge in [0.05, 0.1) is 16.8 Å². The number of amides is 1. The summed E-state index contributed by atoms with van der Waals surface area (Å²) in [6.07, 6.45) is -3.46. The highest BCUT2D eigenvalue weighted by Gasteiger charge is 2.35. The Hall–Kier alpha value is -2.95. The molecule has 0 spiro atoms. The van der Waals surface area contributed by atoms with E-state index in [1.807, 2.05) is 4.90 Å². The molecule has 11 heteroatoms. The van der Waals surface area contributed by atoms with Crippen LogP contribution in [0.15, 0.2) is 18.5 Å². The number of alkyl halides is 3. The van der Waals surface area contributed by atoms with Crippen LogP contribution in [0.2, 0.25) is 0 Å². The molecule has 2 aromatic heterocycles. The number of aromatic nitrogens is 3. The third-order valence-electron chi connectivity index (χ3n) is 5.09.